The van der Waals surface area contributed by atoms with Crippen LogP contribution in [0.5, 0.6) is 0 Å². The zero-order valence-corrected chi connectivity index (χ0v) is 11.4. The van der Waals surface area contributed by atoms with Gasteiger partial charge in [-0.25, -0.2) is 4.68 Å². The highest BCUT2D eigenvalue weighted by atomic mass is 35.5. The van der Waals surface area contributed by atoms with Gasteiger partial charge in [-0.05, 0) is 20.8 Å². The molecule has 0 aromatic carbocycles. The zero-order chi connectivity index (χ0) is 13.9. The molecule has 7 heteroatoms. The maximum absolute atomic E-state index is 11.9. The summed E-state index contributed by atoms with van der Waals surface area (Å²) in [6.07, 6.45) is 1.63. The number of nitrogens with two attached hydrogens (primary N) is 1. The highest BCUT2D eigenvalue weighted by molar-refractivity contribution is 6.32. The summed E-state index contributed by atoms with van der Waals surface area (Å²) in [7, 11) is 0. The summed E-state index contributed by atoms with van der Waals surface area (Å²) in [4.78, 5) is 22.6. The molecule has 0 fully saturated rings. The minimum atomic E-state index is -0.422. The molecule has 0 saturated heterocycles. The first-order chi connectivity index (χ1) is 8.32. The van der Waals surface area contributed by atoms with Crippen LogP contribution in [-0.2, 0) is 4.79 Å². The summed E-state index contributed by atoms with van der Waals surface area (Å²) in [5, 5.41) is 7.02. The van der Waals surface area contributed by atoms with Crippen molar-refractivity contribution in [3.63, 3.8) is 0 Å². The van der Waals surface area contributed by atoms with Gasteiger partial charge in [-0.1, -0.05) is 11.6 Å². The third-order valence-corrected chi connectivity index (χ3v) is 2.71. The van der Waals surface area contributed by atoms with Gasteiger partial charge in [0.2, 0.25) is 5.91 Å². The van der Waals surface area contributed by atoms with E-state index in [2.05, 4.69) is 10.4 Å². The third kappa shape index (κ3) is 3.46. The predicted octanol–water partition coefficient (Wildman–Crippen LogP) is 1.15. The summed E-state index contributed by atoms with van der Waals surface area (Å²) < 4.78 is 1.30. The molecule has 0 bridgehead atoms. The van der Waals surface area contributed by atoms with Gasteiger partial charge in [0.25, 0.3) is 5.56 Å². The predicted molar refractivity (Wildman–Crippen MR) is 70.8 cm³/mol. The van der Waals surface area contributed by atoms with Crippen LogP contribution in [0.25, 0.3) is 0 Å². The summed E-state index contributed by atoms with van der Waals surface area (Å²) in [5.41, 5.74) is 5.14. The van der Waals surface area contributed by atoms with Crippen molar-refractivity contribution in [1.29, 1.82) is 0 Å². The molecule has 0 spiro atoms. The Bertz CT molecular complexity index is 498. The Morgan fingerprint density at radius 2 is 2.17 bits per heavy atom. The van der Waals surface area contributed by atoms with Gasteiger partial charge >= 0.3 is 0 Å². The van der Waals surface area contributed by atoms with E-state index in [1.165, 1.54) is 10.9 Å². The minimum Gasteiger partial charge on any atom is -0.379 e. The van der Waals surface area contributed by atoms with Gasteiger partial charge in [0.05, 0.1) is 17.9 Å². The average molecular weight is 273 g/mol. The number of hydrogen-bond acceptors (Lipinski definition) is 4. The second kappa shape index (κ2) is 5.86. The molecule has 1 aromatic heterocycles. The van der Waals surface area contributed by atoms with Crippen LogP contribution >= 0.6 is 11.6 Å². The van der Waals surface area contributed by atoms with E-state index in [0.717, 1.165) is 0 Å². The number of halogens is 1. The van der Waals surface area contributed by atoms with E-state index in [1.54, 1.807) is 6.92 Å². The Kier molecular flexibility index (Phi) is 4.72. The molecule has 1 unspecified atom stereocenters. The largest absolute Gasteiger partial charge is 0.379 e. The Morgan fingerprint density at radius 3 is 2.67 bits per heavy atom. The topological polar surface area (TPSA) is 90.0 Å². The van der Waals surface area contributed by atoms with E-state index in [0.29, 0.717) is 5.69 Å². The standard InChI is InChI=1S/C11H17ClN4O2/c1-6(2)16-11(18)10(12)8(5-14-16)15-7(3)4-9(13)17/h5-7,15H,4H2,1-3H3,(H2,13,17). The summed E-state index contributed by atoms with van der Waals surface area (Å²) in [5.74, 6) is -0.422. The van der Waals surface area contributed by atoms with E-state index in [4.69, 9.17) is 17.3 Å². The second-order valence-electron chi connectivity index (χ2n) is 4.43. The molecular formula is C11H17ClN4O2. The van der Waals surface area contributed by atoms with E-state index in [1.807, 2.05) is 13.8 Å². The van der Waals surface area contributed by atoms with Gasteiger partial charge in [0.15, 0.2) is 0 Å². The zero-order valence-electron chi connectivity index (χ0n) is 10.6. The Hall–Kier alpha value is -1.56. The van der Waals surface area contributed by atoms with Crippen molar-refractivity contribution >= 4 is 23.2 Å². The third-order valence-electron chi connectivity index (χ3n) is 2.34. The van der Waals surface area contributed by atoms with Crippen LogP contribution in [0.15, 0.2) is 11.0 Å². The molecular weight excluding hydrogens is 256 g/mol. The summed E-state index contributed by atoms with van der Waals surface area (Å²) in [6, 6.07) is -0.275. The van der Waals surface area contributed by atoms with Crippen LogP contribution in [0, 0.1) is 0 Å². The number of carbonyl (C=O) groups excluding carboxylic acids is 1. The van der Waals surface area contributed by atoms with Crippen LogP contribution in [-0.4, -0.2) is 21.7 Å². The molecule has 6 nitrogen and oxygen atoms in total. The quantitative estimate of drug-likeness (QED) is 0.841. The molecule has 0 aliphatic heterocycles. The highest BCUT2D eigenvalue weighted by Gasteiger charge is 2.13. The van der Waals surface area contributed by atoms with Crippen molar-refractivity contribution in [1.82, 2.24) is 9.78 Å². The number of aromatic nitrogens is 2. The second-order valence-corrected chi connectivity index (χ2v) is 4.81. The number of hydrogen-bond donors (Lipinski definition) is 2. The molecule has 0 aliphatic rings. The van der Waals surface area contributed by atoms with Crippen LogP contribution in [0.2, 0.25) is 5.02 Å². The lowest BCUT2D eigenvalue weighted by Crippen LogP contribution is -2.28. The first-order valence-corrected chi connectivity index (χ1v) is 6.03. The van der Waals surface area contributed by atoms with E-state index in [9.17, 15) is 9.59 Å². The summed E-state index contributed by atoms with van der Waals surface area (Å²) >= 11 is 5.97. The maximum Gasteiger partial charge on any atom is 0.287 e. The number of anilines is 1. The van der Waals surface area contributed by atoms with Crippen molar-refractivity contribution in [3.05, 3.63) is 21.6 Å². The van der Waals surface area contributed by atoms with Crippen molar-refractivity contribution in [2.45, 2.75) is 39.3 Å². The normalized spacial score (nSPS) is 12.5. The van der Waals surface area contributed by atoms with Gasteiger partial charge < -0.3 is 11.1 Å². The van der Waals surface area contributed by atoms with Crippen molar-refractivity contribution in [3.8, 4) is 0 Å². The molecule has 0 radical (unpaired) electrons. The van der Waals surface area contributed by atoms with Gasteiger partial charge in [0, 0.05) is 12.5 Å². The number of rotatable bonds is 5. The Labute approximate surface area is 110 Å². The van der Waals surface area contributed by atoms with Gasteiger partial charge in [-0.15, -0.1) is 0 Å². The highest BCUT2D eigenvalue weighted by Crippen LogP contribution is 2.17. The summed E-state index contributed by atoms with van der Waals surface area (Å²) in [6.45, 7) is 5.45. The lowest BCUT2D eigenvalue weighted by atomic mass is 10.2. The van der Waals surface area contributed by atoms with Crippen LogP contribution in [0.1, 0.15) is 33.2 Å². The first-order valence-electron chi connectivity index (χ1n) is 5.65. The smallest absolute Gasteiger partial charge is 0.287 e. The fraction of sp³-hybridized carbons (Fsp3) is 0.545. The number of amides is 1. The Balaban J connectivity index is 2.96. The van der Waals surface area contributed by atoms with E-state index in [-0.39, 0.29) is 29.1 Å². The number of nitrogens with one attached hydrogen (secondary N) is 1. The molecule has 1 atom stereocenters. The SMILES string of the molecule is CC(CC(N)=O)Nc1cnn(C(C)C)c(=O)c1Cl. The number of primary amides is 1. The van der Waals surface area contributed by atoms with E-state index >= 15 is 0 Å². The first kappa shape index (κ1) is 14.5. The van der Waals surface area contributed by atoms with Crippen molar-refractivity contribution in [2.24, 2.45) is 5.73 Å². The van der Waals surface area contributed by atoms with Crippen LogP contribution in [0.4, 0.5) is 5.69 Å². The monoisotopic (exact) mass is 272 g/mol. The van der Waals surface area contributed by atoms with Crippen molar-refractivity contribution in [2.75, 3.05) is 5.32 Å². The van der Waals surface area contributed by atoms with Crippen LogP contribution in [0.3, 0.4) is 0 Å². The van der Waals surface area contributed by atoms with Gasteiger partial charge in [-0.3, -0.25) is 9.59 Å². The molecule has 1 rings (SSSR count). The van der Waals surface area contributed by atoms with Gasteiger partial charge in [0.1, 0.15) is 5.02 Å². The lowest BCUT2D eigenvalue weighted by Gasteiger charge is -2.16. The molecule has 0 saturated carbocycles. The Morgan fingerprint density at radius 1 is 1.56 bits per heavy atom. The molecule has 18 heavy (non-hydrogen) atoms. The fourth-order valence-electron chi connectivity index (χ4n) is 1.53. The minimum absolute atomic E-state index is 0.0629. The van der Waals surface area contributed by atoms with Crippen molar-refractivity contribution < 1.29 is 4.79 Å². The number of carbonyl (C=O) groups is 1. The molecule has 1 amide bonds. The number of nitrogens with zero attached hydrogens (tertiary/aromatic N) is 2. The average Bonchev–Trinajstić information content (AvgIpc) is 2.23. The molecule has 100 valence electrons. The van der Waals surface area contributed by atoms with Crippen LogP contribution < -0.4 is 16.6 Å². The fourth-order valence-corrected chi connectivity index (χ4v) is 1.72. The van der Waals surface area contributed by atoms with Gasteiger partial charge in [-0.2, -0.15) is 5.10 Å². The maximum atomic E-state index is 11.9. The molecule has 0 aliphatic carbocycles. The lowest BCUT2D eigenvalue weighted by molar-refractivity contribution is -0.118. The molecule has 1 heterocycles. The van der Waals surface area contributed by atoms with E-state index < -0.39 is 5.91 Å². The molecule has 3 N–H and O–H groups in total. The molecule has 1 aromatic rings.